The molecule has 2 heteroatoms. The van der Waals surface area contributed by atoms with Crippen LogP contribution in [0.2, 0.25) is 0 Å². The van der Waals surface area contributed by atoms with Gasteiger partial charge in [-0.15, -0.1) is 6.58 Å². The normalized spacial score (nSPS) is 11.0. The van der Waals surface area contributed by atoms with Crippen molar-refractivity contribution in [1.82, 2.24) is 0 Å². The molecule has 0 saturated heterocycles. The highest BCUT2D eigenvalue weighted by atomic mass is 16.1. The lowest BCUT2D eigenvalue weighted by atomic mass is 9.81. The van der Waals surface area contributed by atoms with Crippen molar-refractivity contribution in [1.29, 1.82) is 0 Å². The lowest BCUT2D eigenvalue weighted by Gasteiger charge is -2.21. The van der Waals surface area contributed by atoms with Crippen LogP contribution in [0.4, 0.5) is 0 Å². The maximum absolute atomic E-state index is 11.5. The number of rotatable bonds is 6. The molecule has 0 fully saturated rings. The summed E-state index contributed by atoms with van der Waals surface area (Å²) in [5.74, 6) is 0.295. The second kappa shape index (κ2) is 4.95. The summed E-state index contributed by atoms with van der Waals surface area (Å²) in [4.78, 5) is 22.2. The van der Waals surface area contributed by atoms with Crippen LogP contribution >= 0.6 is 0 Å². The molecule has 0 amide bonds. The van der Waals surface area contributed by atoms with E-state index in [4.69, 9.17) is 0 Å². The van der Waals surface area contributed by atoms with Crippen molar-refractivity contribution in [2.45, 2.75) is 40.0 Å². The van der Waals surface area contributed by atoms with Crippen LogP contribution in [0.5, 0.6) is 0 Å². The Morgan fingerprint density at radius 1 is 1.38 bits per heavy atom. The summed E-state index contributed by atoms with van der Waals surface area (Å²) in [7, 11) is 0. The van der Waals surface area contributed by atoms with E-state index in [1.807, 2.05) is 13.8 Å². The fourth-order valence-electron chi connectivity index (χ4n) is 1.04. The Balaban J connectivity index is 4.12. The quantitative estimate of drug-likeness (QED) is 0.591. The smallest absolute Gasteiger partial charge is 0.142 e. The van der Waals surface area contributed by atoms with E-state index >= 15 is 0 Å². The predicted octanol–water partition coefficient (Wildman–Crippen LogP) is 2.53. The predicted molar refractivity (Wildman–Crippen MR) is 53.5 cm³/mol. The van der Waals surface area contributed by atoms with Crippen molar-refractivity contribution in [2.24, 2.45) is 5.41 Å². The molecule has 0 aliphatic rings. The van der Waals surface area contributed by atoms with E-state index in [2.05, 4.69) is 6.58 Å². The van der Waals surface area contributed by atoms with Gasteiger partial charge in [-0.2, -0.15) is 0 Å². The molecule has 0 heterocycles. The summed E-state index contributed by atoms with van der Waals surface area (Å²) < 4.78 is 0. The Bertz CT molecular complexity index is 214. The highest BCUT2D eigenvalue weighted by Gasteiger charge is 2.25. The average Bonchev–Trinajstić information content (AvgIpc) is 2.01. The number of carbonyl (C=O) groups is 2. The standard InChI is InChI=1S/C11H18O2/c1-5-6-10(13)11(3,4)8-7-9(2)12/h5H,1,6-8H2,2-4H3. The van der Waals surface area contributed by atoms with Gasteiger partial charge in [-0.05, 0) is 13.3 Å². The summed E-state index contributed by atoms with van der Waals surface area (Å²) in [6.45, 7) is 8.82. The van der Waals surface area contributed by atoms with Gasteiger partial charge in [0.1, 0.15) is 11.6 Å². The molecule has 0 aromatic carbocycles. The Morgan fingerprint density at radius 3 is 2.31 bits per heavy atom. The molecule has 0 bridgehead atoms. The van der Waals surface area contributed by atoms with Crippen LogP contribution in [-0.4, -0.2) is 11.6 Å². The zero-order valence-corrected chi connectivity index (χ0v) is 8.72. The van der Waals surface area contributed by atoms with Gasteiger partial charge in [0, 0.05) is 18.3 Å². The van der Waals surface area contributed by atoms with E-state index in [9.17, 15) is 9.59 Å². The molecule has 0 saturated carbocycles. The summed E-state index contributed by atoms with van der Waals surface area (Å²) in [6.07, 6.45) is 3.12. The minimum absolute atomic E-state index is 0.138. The summed E-state index contributed by atoms with van der Waals surface area (Å²) >= 11 is 0. The van der Waals surface area contributed by atoms with Gasteiger partial charge in [-0.25, -0.2) is 0 Å². The molecule has 0 aliphatic carbocycles. The van der Waals surface area contributed by atoms with Crippen LogP contribution in [0.15, 0.2) is 12.7 Å². The van der Waals surface area contributed by atoms with Crippen molar-refractivity contribution in [2.75, 3.05) is 0 Å². The van der Waals surface area contributed by atoms with Crippen LogP contribution < -0.4 is 0 Å². The third-order valence-electron chi connectivity index (χ3n) is 2.19. The van der Waals surface area contributed by atoms with Crippen molar-refractivity contribution in [3.8, 4) is 0 Å². The lowest BCUT2D eigenvalue weighted by molar-refractivity contribution is -0.127. The maximum atomic E-state index is 11.5. The Hall–Kier alpha value is -0.920. The van der Waals surface area contributed by atoms with E-state index in [0.717, 1.165) is 0 Å². The molecule has 0 N–H and O–H groups in total. The number of allylic oxidation sites excluding steroid dienone is 1. The highest BCUT2D eigenvalue weighted by molar-refractivity contribution is 5.86. The molecule has 0 radical (unpaired) electrons. The van der Waals surface area contributed by atoms with Crippen molar-refractivity contribution in [3.05, 3.63) is 12.7 Å². The molecule has 0 rings (SSSR count). The monoisotopic (exact) mass is 182 g/mol. The second-order valence-corrected chi connectivity index (χ2v) is 4.00. The first-order valence-electron chi connectivity index (χ1n) is 4.54. The SMILES string of the molecule is C=CCC(=O)C(C)(C)CCC(C)=O. The molecule has 0 aromatic rings. The van der Waals surface area contributed by atoms with Gasteiger partial charge in [0.15, 0.2) is 0 Å². The molecular weight excluding hydrogens is 164 g/mol. The van der Waals surface area contributed by atoms with Crippen LogP contribution in [-0.2, 0) is 9.59 Å². The second-order valence-electron chi connectivity index (χ2n) is 4.00. The number of ketones is 2. The first-order valence-corrected chi connectivity index (χ1v) is 4.54. The fourth-order valence-corrected chi connectivity index (χ4v) is 1.04. The molecule has 0 atom stereocenters. The number of Topliss-reactive ketones (excluding diaryl/α,β-unsaturated/α-hetero) is 2. The minimum Gasteiger partial charge on any atom is -0.300 e. The van der Waals surface area contributed by atoms with Gasteiger partial charge in [0.2, 0.25) is 0 Å². The largest absolute Gasteiger partial charge is 0.300 e. The molecule has 74 valence electrons. The van der Waals surface area contributed by atoms with Crippen LogP contribution in [0.1, 0.15) is 40.0 Å². The third-order valence-corrected chi connectivity index (χ3v) is 2.19. The Morgan fingerprint density at radius 2 is 1.92 bits per heavy atom. The van der Waals surface area contributed by atoms with Crippen LogP contribution in [0, 0.1) is 5.41 Å². The number of carbonyl (C=O) groups excluding carboxylic acids is 2. The summed E-state index contributed by atoms with van der Waals surface area (Å²) in [5.41, 5.74) is -0.389. The molecular formula is C11H18O2. The molecule has 2 nitrogen and oxygen atoms in total. The van der Waals surface area contributed by atoms with Gasteiger partial charge in [-0.3, -0.25) is 4.79 Å². The van der Waals surface area contributed by atoms with E-state index in [1.54, 1.807) is 13.0 Å². The van der Waals surface area contributed by atoms with E-state index in [1.165, 1.54) is 0 Å². The number of hydrogen-bond donors (Lipinski definition) is 0. The van der Waals surface area contributed by atoms with Crippen molar-refractivity contribution >= 4 is 11.6 Å². The fraction of sp³-hybridized carbons (Fsp3) is 0.636. The molecule has 0 spiro atoms. The van der Waals surface area contributed by atoms with Gasteiger partial charge >= 0.3 is 0 Å². The van der Waals surface area contributed by atoms with Crippen LogP contribution in [0.3, 0.4) is 0 Å². The zero-order chi connectivity index (χ0) is 10.5. The molecule has 0 aromatic heterocycles. The summed E-state index contributed by atoms with van der Waals surface area (Å²) in [5, 5.41) is 0. The Labute approximate surface area is 80.0 Å². The lowest BCUT2D eigenvalue weighted by Crippen LogP contribution is -2.24. The van der Waals surface area contributed by atoms with Crippen molar-refractivity contribution < 1.29 is 9.59 Å². The maximum Gasteiger partial charge on any atom is 0.142 e. The topological polar surface area (TPSA) is 34.1 Å². The zero-order valence-electron chi connectivity index (χ0n) is 8.72. The van der Waals surface area contributed by atoms with Crippen LogP contribution in [0.25, 0.3) is 0 Å². The molecule has 0 unspecified atom stereocenters. The van der Waals surface area contributed by atoms with Crippen molar-refractivity contribution in [3.63, 3.8) is 0 Å². The van der Waals surface area contributed by atoms with E-state index < -0.39 is 0 Å². The number of hydrogen-bond acceptors (Lipinski definition) is 2. The average molecular weight is 182 g/mol. The molecule has 0 aliphatic heterocycles. The van der Waals surface area contributed by atoms with Gasteiger partial charge in [-0.1, -0.05) is 19.9 Å². The van der Waals surface area contributed by atoms with Gasteiger partial charge in [0.25, 0.3) is 0 Å². The third kappa shape index (κ3) is 4.61. The van der Waals surface area contributed by atoms with E-state index in [0.29, 0.717) is 19.3 Å². The van der Waals surface area contributed by atoms with Gasteiger partial charge < -0.3 is 4.79 Å². The Kier molecular flexibility index (Phi) is 4.60. The first kappa shape index (κ1) is 12.1. The molecule has 13 heavy (non-hydrogen) atoms. The minimum atomic E-state index is -0.389. The summed E-state index contributed by atoms with van der Waals surface area (Å²) in [6, 6.07) is 0. The van der Waals surface area contributed by atoms with E-state index in [-0.39, 0.29) is 17.0 Å². The highest BCUT2D eigenvalue weighted by Crippen LogP contribution is 2.25. The first-order chi connectivity index (χ1) is 5.90. The van der Waals surface area contributed by atoms with Gasteiger partial charge in [0.05, 0.1) is 0 Å².